The molecule has 0 saturated heterocycles. The zero-order chi connectivity index (χ0) is 13.4. The van der Waals surface area contributed by atoms with Crippen molar-refractivity contribution >= 4 is 18.0 Å². The van der Waals surface area contributed by atoms with Gasteiger partial charge in [-0.3, -0.25) is 14.6 Å². The van der Waals surface area contributed by atoms with Gasteiger partial charge in [0.2, 0.25) is 0 Å². The maximum Gasteiger partial charge on any atom is 0.329 e. The maximum atomic E-state index is 11.3. The van der Waals surface area contributed by atoms with Gasteiger partial charge in [0.15, 0.2) is 0 Å². The monoisotopic (exact) mass is 248 g/mol. The van der Waals surface area contributed by atoms with Gasteiger partial charge in [-0.15, -0.1) is 0 Å². The molecular weight excluding hydrogens is 232 g/mol. The number of aromatic nitrogens is 1. The van der Waals surface area contributed by atoms with Crippen LogP contribution in [0.1, 0.15) is 19.4 Å². The molecule has 0 bridgehead atoms. The van der Waals surface area contributed by atoms with Crippen LogP contribution in [-0.4, -0.2) is 29.6 Å². The Hall–Kier alpha value is -2.24. The standard InChI is InChI=1S/C12H16N4O2/c1-9(2)6-14-11(17)12(18)16-15-8-10-4-3-5-13-7-10/h3-5,7-9H,6H2,1-2H3,(H,14,17)(H,16,18)/b15-8-. The lowest BCUT2D eigenvalue weighted by molar-refractivity contribution is -0.139. The summed E-state index contributed by atoms with van der Waals surface area (Å²) in [5.74, 6) is -1.18. The first-order chi connectivity index (χ1) is 8.59. The first kappa shape index (κ1) is 13.8. The van der Waals surface area contributed by atoms with E-state index in [0.29, 0.717) is 12.5 Å². The summed E-state index contributed by atoms with van der Waals surface area (Å²) in [6.45, 7) is 4.34. The Labute approximate surface area is 105 Å². The second-order valence-electron chi connectivity index (χ2n) is 4.09. The molecule has 6 nitrogen and oxygen atoms in total. The third-order valence-corrected chi connectivity index (χ3v) is 1.94. The third-order valence-electron chi connectivity index (χ3n) is 1.94. The Morgan fingerprint density at radius 1 is 1.44 bits per heavy atom. The van der Waals surface area contributed by atoms with Gasteiger partial charge in [0, 0.05) is 24.5 Å². The van der Waals surface area contributed by atoms with Gasteiger partial charge in [-0.05, 0) is 12.0 Å². The number of amides is 2. The Morgan fingerprint density at radius 2 is 2.22 bits per heavy atom. The second-order valence-corrected chi connectivity index (χ2v) is 4.09. The fourth-order valence-electron chi connectivity index (χ4n) is 1.05. The van der Waals surface area contributed by atoms with Crippen LogP contribution >= 0.6 is 0 Å². The highest BCUT2D eigenvalue weighted by atomic mass is 16.2. The maximum absolute atomic E-state index is 11.3. The highest BCUT2D eigenvalue weighted by molar-refractivity contribution is 6.35. The molecule has 1 aromatic heterocycles. The minimum atomic E-state index is -0.782. The van der Waals surface area contributed by atoms with Gasteiger partial charge in [0.1, 0.15) is 0 Å². The molecule has 96 valence electrons. The zero-order valence-electron chi connectivity index (χ0n) is 10.4. The minimum Gasteiger partial charge on any atom is -0.348 e. The molecule has 2 amide bonds. The van der Waals surface area contributed by atoms with Crippen molar-refractivity contribution in [3.05, 3.63) is 30.1 Å². The fourth-order valence-corrected chi connectivity index (χ4v) is 1.05. The summed E-state index contributed by atoms with van der Waals surface area (Å²) in [7, 11) is 0. The molecule has 1 rings (SSSR count). The summed E-state index contributed by atoms with van der Waals surface area (Å²) >= 11 is 0. The number of rotatable bonds is 4. The van der Waals surface area contributed by atoms with Crippen molar-refractivity contribution < 1.29 is 9.59 Å². The van der Waals surface area contributed by atoms with Gasteiger partial charge >= 0.3 is 11.8 Å². The summed E-state index contributed by atoms with van der Waals surface area (Å²) in [6, 6.07) is 3.53. The van der Waals surface area contributed by atoms with Gasteiger partial charge in [-0.1, -0.05) is 19.9 Å². The van der Waals surface area contributed by atoms with Gasteiger partial charge < -0.3 is 5.32 Å². The number of hydrogen-bond acceptors (Lipinski definition) is 4. The topological polar surface area (TPSA) is 83.5 Å². The molecule has 0 radical (unpaired) electrons. The fraction of sp³-hybridized carbons (Fsp3) is 0.333. The highest BCUT2D eigenvalue weighted by Gasteiger charge is 2.11. The van der Waals surface area contributed by atoms with E-state index in [-0.39, 0.29) is 0 Å². The Morgan fingerprint density at radius 3 is 2.83 bits per heavy atom. The van der Waals surface area contributed by atoms with E-state index < -0.39 is 11.8 Å². The number of nitrogens with one attached hydrogen (secondary N) is 2. The summed E-state index contributed by atoms with van der Waals surface area (Å²) < 4.78 is 0. The van der Waals surface area contributed by atoms with Crippen LogP contribution < -0.4 is 10.7 Å². The van der Waals surface area contributed by atoms with Gasteiger partial charge in [0.05, 0.1) is 6.21 Å². The van der Waals surface area contributed by atoms with Crippen molar-refractivity contribution in [1.29, 1.82) is 0 Å². The van der Waals surface area contributed by atoms with Crippen molar-refractivity contribution in [3.63, 3.8) is 0 Å². The van der Waals surface area contributed by atoms with Crippen molar-refractivity contribution in [1.82, 2.24) is 15.7 Å². The van der Waals surface area contributed by atoms with Crippen LogP contribution in [0.25, 0.3) is 0 Å². The third kappa shape index (κ3) is 5.20. The first-order valence-electron chi connectivity index (χ1n) is 5.61. The number of hydrazone groups is 1. The Balaban J connectivity index is 2.37. The molecule has 0 aromatic carbocycles. The van der Waals surface area contributed by atoms with E-state index in [1.165, 1.54) is 6.21 Å². The average molecular weight is 248 g/mol. The van der Waals surface area contributed by atoms with Crippen LogP contribution in [0.4, 0.5) is 0 Å². The van der Waals surface area contributed by atoms with Gasteiger partial charge in [0.25, 0.3) is 0 Å². The minimum absolute atomic E-state index is 0.292. The zero-order valence-corrected chi connectivity index (χ0v) is 10.4. The molecule has 0 fully saturated rings. The molecule has 0 aliphatic carbocycles. The summed E-state index contributed by atoms with van der Waals surface area (Å²) in [5.41, 5.74) is 2.88. The summed E-state index contributed by atoms with van der Waals surface area (Å²) in [4.78, 5) is 26.5. The molecule has 0 aliphatic heterocycles. The Kier molecular flexibility index (Phi) is 5.50. The molecule has 18 heavy (non-hydrogen) atoms. The molecule has 0 aliphatic rings. The van der Waals surface area contributed by atoms with E-state index in [1.54, 1.807) is 24.5 Å². The lowest BCUT2D eigenvalue weighted by Gasteiger charge is -2.05. The second kappa shape index (κ2) is 7.16. The quantitative estimate of drug-likeness (QED) is 0.457. The van der Waals surface area contributed by atoms with E-state index in [1.807, 2.05) is 13.8 Å². The van der Waals surface area contributed by atoms with Gasteiger partial charge in [-0.2, -0.15) is 5.10 Å². The summed E-state index contributed by atoms with van der Waals surface area (Å²) in [6.07, 6.45) is 4.64. The van der Waals surface area contributed by atoms with Crippen LogP contribution in [0.15, 0.2) is 29.6 Å². The van der Waals surface area contributed by atoms with Crippen LogP contribution in [0.5, 0.6) is 0 Å². The van der Waals surface area contributed by atoms with Crippen molar-refractivity contribution in [2.75, 3.05) is 6.54 Å². The summed E-state index contributed by atoms with van der Waals surface area (Å²) in [5, 5.41) is 6.16. The molecule has 0 unspecified atom stereocenters. The molecule has 2 N–H and O–H groups in total. The predicted octanol–water partition coefficient (Wildman–Crippen LogP) is 0.304. The SMILES string of the molecule is CC(C)CNC(=O)C(=O)N/N=C\c1cccnc1. The van der Waals surface area contributed by atoms with Crippen LogP contribution in [0.2, 0.25) is 0 Å². The van der Waals surface area contributed by atoms with E-state index >= 15 is 0 Å². The van der Waals surface area contributed by atoms with Gasteiger partial charge in [-0.25, -0.2) is 5.43 Å². The largest absolute Gasteiger partial charge is 0.348 e. The molecule has 1 aromatic rings. The number of pyridine rings is 1. The van der Waals surface area contributed by atoms with Crippen molar-refractivity contribution in [2.24, 2.45) is 11.0 Å². The predicted molar refractivity (Wildman–Crippen MR) is 67.8 cm³/mol. The molecule has 0 spiro atoms. The van der Waals surface area contributed by atoms with Crippen LogP contribution in [0, 0.1) is 5.92 Å². The lowest BCUT2D eigenvalue weighted by Crippen LogP contribution is -2.39. The number of carbonyl (C=O) groups excluding carboxylic acids is 2. The van der Waals surface area contributed by atoms with Crippen molar-refractivity contribution in [2.45, 2.75) is 13.8 Å². The molecule has 1 heterocycles. The van der Waals surface area contributed by atoms with Crippen molar-refractivity contribution in [3.8, 4) is 0 Å². The van der Waals surface area contributed by atoms with E-state index in [0.717, 1.165) is 5.56 Å². The highest BCUT2D eigenvalue weighted by Crippen LogP contribution is 1.89. The smallest absolute Gasteiger partial charge is 0.329 e. The van der Waals surface area contributed by atoms with E-state index in [9.17, 15) is 9.59 Å². The normalized spacial score (nSPS) is 10.6. The molecule has 0 atom stereocenters. The lowest BCUT2D eigenvalue weighted by atomic mass is 10.2. The first-order valence-corrected chi connectivity index (χ1v) is 5.61. The number of hydrogen-bond donors (Lipinski definition) is 2. The Bertz CT molecular complexity index is 429. The molecular formula is C12H16N4O2. The van der Waals surface area contributed by atoms with E-state index in [2.05, 4.69) is 20.8 Å². The number of carbonyl (C=O) groups is 2. The van der Waals surface area contributed by atoms with Crippen LogP contribution in [0.3, 0.4) is 0 Å². The molecule has 6 heteroatoms. The van der Waals surface area contributed by atoms with E-state index in [4.69, 9.17) is 0 Å². The average Bonchev–Trinajstić information content (AvgIpc) is 2.37. The van der Waals surface area contributed by atoms with Crippen LogP contribution in [-0.2, 0) is 9.59 Å². The molecule has 0 saturated carbocycles. The number of nitrogens with zero attached hydrogens (tertiary/aromatic N) is 2.